The Morgan fingerprint density at radius 3 is 2.62 bits per heavy atom. The summed E-state index contributed by atoms with van der Waals surface area (Å²) in [4.78, 5) is 17.4. The van der Waals surface area contributed by atoms with Gasteiger partial charge in [-0.3, -0.25) is 9.48 Å². The minimum Gasteiger partial charge on any atom is -0.486 e. The van der Waals surface area contributed by atoms with E-state index in [1.54, 1.807) is 10.9 Å². The van der Waals surface area contributed by atoms with Crippen molar-refractivity contribution in [1.29, 1.82) is 0 Å². The van der Waals surface area contributed by atoms with Gasteiger partial charge in [0.25, 0.3) is 5.56 Å². The number of ether oxygens (including phenoxy) is 2. The van der Waals surface area contributed by atoms with E-state index in [1.807, 2.05) is 67.2 Å². The van der Waals surface area contributed by atoms with Crippen LogP contribution in [-0.4, -0.2) is 28.8 Å². The number of rotatable bonds is 3. The van der Waals surface area contributed by atoms with Crippen LogP contribution in [0.25, 0.3) is 5.69 Å². The molecule has 2 aromatic carbocycles. The molecule has 0 spiro atoms. The monoisotopic (exact) mass is 349 g/mol. The predicted octanol–water partition coefficient (Wildman–Crippen LogP) is 3.01. The fourth-order valence-corrected chi connectivity index (χ4v) is 3.03. The van der Waals surface area contributed by atoms with Crippen LogP contribution in [0.2, 0.25) is 0 Å². The van der Waals surface area contributed by atoms with E-state index < -0.39 is 0 Å². The summed E-state index contributed by atoms with van der Waals surface area (Å²) in [5.74, 6) is 1.37. The van der Waals surface area contributed by atoms with Gasteiger partial charge in [0.15, 0.2) is 17.2 Å². The van der Waals surface area contributed by atoms with Gasteiger partial charge in [0.05, 0.1) is 11.4 Å². The maximum Gasteiger partial charge on any atom is 0.297 e. The highest BCUT2D eigenvalue weighted by Gasteiger charge is 2.17. The van der Waals surface area contributed by atoms with Crippen molar-refractivity contribution in [3.8, 4) is 17.2 Å². The van der Waals surface area contributed by atoms with E-state index in [0.29, 0.717) is 30.4 Å². The molecule has 0 saturated carbocycles. The van der Waals surface area contributed by atoms with Gasteiger partial charge in [-0.25, -0.2) is 9.67 Å². The highest BCUT2D eigenvalue weighted by Crippen LogP contribution is 2.32. The lowest BCUT2D eigenvalue weighted by Gasteiger charge is -2.19. The van der Waals surface area contributed by atoms with Crippen LogP contribution in [0.15, 0.2) is 58.3 Å². The Hall–Kier alpha value is -3.28. The van der Waals surface area contributed by atoms with Gasteiger partial charge in [-0.2, -0.15) is 0 Å². The van der Waals surface area contributed by atoms with Crippen molar-refractivity contribution in [2.75, 3.05) is 13.2 Å². The van der Waals surface area contributed by atoms with Crippen molar-refractivity contribution in [2.45, 2.75) is 6.92 Å². The standard InChI is InChI=1S/C20H19N3O3/c1-14-18(20(24)23(22(14)2)16-8-4-3-5-9-16)21-13-15-7-6-10-17-19(15)26-12-11-25-17/h3-10,13H,11-12H2,1-2H3. The van der Waals surface area contributed by atoms with Crippen molar-refractivity contribution >= 4 is 11.9 Å². The first-order chi connectivity index (χ1) is 12.7. The molecule has 0 saturated heterocycles. The van der Waals surface area contributed by atoms with Crippen molar-refractivity contribution in [1.82, 2.24) is 9.36 Å². The van der Waals surface area contributed by atoms with E-state index in [9.17, 15) is 4.79 Å². The normalized spacial score (nSPS) is 13.3. The number of fused-ring (bicyclic) bond motifs is 1. The maximum absolute atomic E-state index is 12.9. The van der Waals surface area contributed by atoms with Crippen LogP contribution in [0.5, 0.6) is 11.5 Å². The zero-order valence-electron chi connectivity index (χ0n) is 14.7. The number of benzene rings is 2. The lowest BCUT2D eigenvalue weighted by atomic mass is 10.2. The van der Waals surface area contributed by atoms with Crippen LogP contribution >= 0.6 is 0 Å². The second-order valence-electron chi connectivity index (χ2n) is 6.04. The van der Waals surface area contributed by atoms with Crippen molar-refractivity contribution < 1.29 is 9.47 Å². The zero-order chi connectivity index (χ0) is 18.1. The summed E-state index contributed by atoms with van der Waals surface area (Å²) < 4.78 is 14.7. The highest BCUT2D eigenvalue weighted by atomic mass is 16.6. The summed E-state index contributed by atoms with van der Waals surface area (Å²) in [6.45, 7) is 2.92. The molecule has 0 fully saturated rings. The fraction of sp³-hybridized carbons (Fsp3) is 0.200. The van der Waals surface area contributed by atoms with Crippen LogP contribution in [0.4, 0.5) is 5.69 Å². The number of para-hydroxylation sites is 2. The van der Waals surface area contributed by atoms with Crippen LogP contribution in [0.1, 0.15) is 11.3 Å². The lowest BCUT2D eigenvalue weighted by molar-refractivity contribution is 0.171. The van der Waals surface area contributed by atoms with Crippen molar-refractivity contribution in [3.63, 3.8) is 0 Å². The number of aromatic nitrogens is 2. The predicted molar refractivity (Wildman–Crippen MR) is 100 cm³/mol. The molecule has 0 N–H and O–H groups in total. The molecule has 0 bridgehead atoms. The number of hydrogen-bond acceptors (Lipinski definition) is 4. The molecule has 1 aliphatic heterocycles. The number of hydrogen-bond donors (Lipinski definition) is 0. The van der Waals surface area contributed by atoms with Crippen LogP contribution in [-0.2, 0) is 7.05 Å². The summed E-state index contributed by atoms with van der Waals surface area (Å²) >= 11 is 0. The minimum atomic E-state index is -0.158. The van der Waals surface area contributed by atoms with Crippen molar-refractivity contribution in [3.05, 3.63) is 70.1 Å². The molecule has 2 heterocycles. The molecule has 1 aromatic heterocycles. The summed E-state index contributed by atoms with van der Waals surface area (Å²) in [6, 6.07) is 15.2. The second kappa shape index (κ2) is 6.55. The first kappa shape index (κ1) is 16.2. The molecule has 6 heteroatoms. The van der Waals surface area contributed by atoms with Gasteiger partial charge in [0.1, 0.15) is 13.2 Å². The molecule has 3 aromatic rings. The molecule has 1 aliphatic rings. The van der Waals surface area contributed by atoms with E-state index in [4.69, 9.17) is 9.47 Å². The number of nitrogens with zero attached hydrogens (tertiary/aromatic N) is 3. The smallest absolute Gasteiger partial charge is 0.297 e. The Morgan fingerprint density at radius 2 is 1.81 bits per heavy atom. The molecule has 4 rings (SSSR count). The van der Waals surface area contributed by atoms with Crippen LogP contribution in [0, 0.1) is 6.92 Å². The lowest BCUT2D eigenvalue weighted by Crippen LogP contribution is -2.19. The Morgan fingerprint density at radius 1 is 1.04 bits per heavy atom. The Kier molecular flexibility index (Phi) is 4.08. The molecular weight excluding hydrogens is 330 g/mol. The third-order valence-electron chi connectivity index (χ3n) is 4.45. The largest absolute Gasteiger partial charge is 0.486 e. The number of aliphatic imine (C=N–C) groups is 1. The fourth-order valence-electron chi connectivity index (χ4n) is 3.03. The zero-order valence-corrected chi connectivity index (χ0v) is 14.7. The van der Waals surface area contributed by atoms with E-state index in [-0.39, 0.29) is 5.56 Å². The quantitative estimate of drug-likeness (QED) is 0.683. The molecular formula is C20H19N3O3. The molecule has 0 radical (unpaired) electrons. The Balaban J connectivity index is 1.77. The van der Waals surface area contributed by atoms with Crippen LogP contribution < -0.4 is 15.0 Å². The minimum absolute atomic E-state index is 0.158. The summed E-state index contributed by atoms with van der Waals surface area (Å²) in [6.07, 6.45) is 1.66. The molecule has 0 unspecified atom stereocenters. The summed E-state index contributed by atoms with van der Waals surface area (Å²) in [5, 5.41) is 0. The Bertz CT molecular complexity index is 1030. The van der Waals surface area contributed by atoms with Gasteiger partial charge in [-0.05, 0) is 31.2 Å². The second-order valence-corrected chi connectivity index (χ2v) is 6.04. The first-order valence-corrected chi connectivity index (χ1v) is 8.43. The molecule has 0 aliphatic carbocycles. The van der Waals surface area contributed by atoms with Gasteiger partial charge in [0.2, 0.25) is 0 Å². The molecule has 132 valence electrons. The van der Waals surface area contributed by atoms with E-state index in [1.165, 1.54) is 0 Å². The molecule has 0 amide bonds. The average molecular weight is 349 g/mol. The first-order valence-electron chi connectivity index (χ1n) is 8.43. The van der Waals surface area contributed by atoms with Gasteiger partial charge >= 0.3 is 0 Å². The molecule has 6 nitrogen and oxygen atoms in total. The van der Waals surface area contributed by atoms with Gasteiger partial charge in [-0.15, -0.1) is 0 Å². The molecule has 26 heavy (non-hydrogen) atoms. The summed E-state index contributed by atoms with van der Waals surface area (Å²) in [7, 11) is 1.85. The van der Waals surface area contributed by atoms with Crippen molar-refractivity contribution in [2.24, 2.45) is 12.0 Å². The van der Waals surface area contributed by atoms with Crippen LogP contribution in [0.3, 0.4) is 0 Å². The van der Waals surface area contributed by atoms with Gasteiger partial charge < -0.3 is 9.47 Å². The van der Waals surface area contributed by atoms with E-state index in [0.717, 1.165) is 16.9 Å². The maximum atomic E-state index is 12.9. The van der Waals surface area contributed by atoms with Gasteiger partial charge in [-0.1, -0.05) is 24.3 Å². The van der Waals surface area contributed by atoms with E-state index in [2.05, 4.69) is 4.99 Å². The topological polar surface area (TPSA) is 57.8 Å². The third-order valence-corrected chi connectivity index (χ3v) is 4.45. The summed E-state index contributed by atoms with van der Waals surface area (Å²) in [5.41, 5.74) is 2.63. The van der Waals surface area contributed by atoms with Gasteiger partial charge in [0, 0.05) is 18.8 Å². The highest BCUT2D eigenvalue weighted by molar-refractivity contribution is 5.87. The molecule has 0 atom stereocenters. The van der Waals surface area contributed by atoms with E-state index >= 15 is 0 Å². The average Bonchev–Trinajstić information content (AvgIpc) is 2.89. The third kappa shape index (κ3) is 2.69. The Labute approximate surface area is 150 Å². The SMILES string of the molecule is Cc1c(N=Cc2cccc3c2OCCO3)c(=O)n(-c2ccccc2)n1C.